The lowest BCUT2D eigenvalue weighted by Gasteiger charge is -2.17. The Morgan fingerprint density at radius 3 is 2.80 bits per heavy atom. The van der Waals surface area contributed by atoms with E-state index in [1.807, 2.05) is 11.0 Å². The maximum absolute atomic E-state index is 12.8. The van der Waals surface area contributed by atoms with Crippen LogP contribution in [0.4, 0.5) is 5.69 Å². The van der Waals surface area contributed by atoms with Crippen LogP contribution in [0.25, 0.3) is 22.6 Å². The van der Waals surface area contributed by atoms with E-state index in [0.29, 0.717) is 36.3 Å². The van der Waals surface area contributed by atoms with Gasteiger partial charge in [0, 0.05) is 25.6 Å². The molecule has 4 aromatic rings. The van der Waals surface area contributed by atoms with Gasteiger partial charge in [0.25, 0.3) is 0 Å². The second-order valence-corrected chi connectivity index (χ2v) is 7.79. The van der Waals surface area contributed by atoms with Crippen LogP contribution in [0.1, 0.15) is 35.2 Å². The number of amides is 1. The minimum absolute atomic E-state index is 0.0625. The minimum atomic E-state index is -0.141. The van der Waals surface area contributed by atoms with Gasteiger partial charge in [-0.05, 0) is 40.8 Å². The van der Waals surface area contributed by atoms with Crippen LogP contribution in [-0.4, -0.2) is 27.6 Å². The average molecular weight is 398 g/mol. The summed E-state index contributed by atoms with van der Waals surface area (Å²) in [5.74, 6) is 1.29. The van der Waals surface area contributed by atoms with Crippen molar-refractivity contribution in [1.82, 2.24) is 15.1 Å². The summed E-state index contributed by atoms with van der Waals surface area (Å²) in [6, 6.07) is 14.7. The molecule has 7 heteroatoms. The van der Waals surface area contributed by atoms with Crippen LogP contribution in [0.2, 0.25) is 0 Å². The zero-order valence-electron chi connectivity index (χ0n) is 16.3. The molecule has 1 fully saturated rings. The molecular formula is C23H18N4O3. The van der Waals surface area contributed by atoms with Crippen LogP contribution in [-0.2, 0) is 11.2 Å². The summed E-state index contributed by atoms with van der Waals surface area (Å²) in [6.07, 6.45) is 2.74. The Balaban J connectivity index is 1.25. The maximum Gasteiger partial charge on any atom is 0.232 e. The number of rotatable bonds is 3. The van der Waals surface area contributed by atoms with E-state index in [9.17, 15) is 4.79 Å². The number of hydrogen-bond acceptors (Lipinski definition) is 6. The highest BCUT2D eigenvalue weighted by atomic mass is 16.5. The van der Waals surface area contributed by atoms with Gasteiger partial charge in [0.05, 0.1) is 5.92 Å². The Hall–Kier alpha value is -3.74. The van der Waals surface area contributed by atoms with Crippen molar-refractivity contribution in [3.63, 3.8) is 0 Å². The summed E-state index contributed by atoms with van der Waals surface area (Å²) in [6.45, 7) is 2.27. The molecule has 2 aromatic heterocycles. The molecule has 6 rings (SSSR count). The lowest BCUT2D eigenvalue weighted by atomic mass is 10.1. The summed E-state index contributed by atoms with van der Waals surface area (Å²) in [4.78, 5) is 23.2. The molecule has 148 valence electrons. The molecule has 0 bridgehead atoms. The van der Waals surface area contributed by atoms with Gasteiger partial charge in [-0.1, -0.05) is 35.5 Å². The molecule has 1 amide bonds. The highest BCUT2D eigenvalue weighted by Crippen LogP contribution is 2.40. The Kier molecular flexibility index (Phi) is 3.65. The SMILES string of the molecule is Cc1nc(-c2noc(C3CC(=O)N(c4ccc5c(c4)Cc4ccccc4-5)C3)n2)co1. The number of nitrogens with zero attached hydrogens (tertiary/aromatic N) is 4. The van der Waals surface area contributed by atoms with Gasteiger partial charge in [-0.3, -0.25) is 4.79 Å². The third-order valence-corrected chi connectivity index (χ3v) is 5.85. The smallest absolute Gasteiger partial charge is 0.232 e. The quantitative estimate of drug-likeness (QED) is 0.454. The highest BCUT2D eigenvalue weighted by molar-refractivity contribution is 5.97. The average Bonchev–Trinajstić information content (AvgIpc) is 3.52. The van der Waals surface area contributed by atoms with Crippen LogP contribution in [0, 0.1) is 6.92 Å². The van der Waals surface area contributed by atoms with Crippen molar-refractivity contribution in [2.24, 2.45) is 0 Å². The van der Waals surface area contributed by atoms with Crippen LogP contribution in [0.3, 0.4) is 0 Å². The molecule has 30 heavy (non-hydrogen) atoms. The molecule has 1 saturated heterocycles. The Morgan fingerprint density at radius 2 is 1.93 bits per heavy atom. The number of oxazole rings is 1. The summed E-state index contributed by atoms with van der Waals surface area (Å²) in [5, 5.41) is 4.00. The number of carbonyl (C=O) groups excluding carboxylic acids is 1. The topological polar surface area (TPSA) is 85.3 Å². The molecule has 7 nitrogen and oxygen atoms in total. The van der Waals surface area contributed by atoms with Crippen molar-refractivity contribution >= 4 is 11.6 Å². The van der Waals surface area contributed by atoms with Crippen molar-refractivity contribution < 1.29 is 13.7 Å². The standard InChI is InChI=1S/C23H18N4O3/c1-13-24-20(12-29-13)22-25-23(30-26-22)16-10-21(28)27(11-16)17-6-7-19-15(9-17)8-14-4-2-3-5-18(14)19/h2-7,9,12,16H,8,10-11H2,1H3. The van der Waals surface area contributed by atoms with E-state index in [4.69, 9.17) is 8.94 Å². The number of carbonyl (C=O) groups is 1. The van der Waals surface area contributed by atoms with Gasteiger partial charge in [-0.2, -0.15) is 4.98 Å². The first-order valence-electron chi connectivity index (χ1n) is 9.93. The minimum Gasteiger partial charge on any atom is -0.449 e. The van der Waals surface area contributed by atoms with E-state index in [0.717, 1.165) is 12.1 Å². The molecule has 1 aliphatic heterocycles. The second kappa shape index (κ2) is 6.38. The van der Waals surface area contributed by atoms with Crippen molar-refractivity contribution in [3.05, 3.63) is 71.6 Å². The van der Waals surface area contributed by atoms with Crippen LogP contribution < -0.4 is 4.90 Å². The zero-order valence-corrected chi connectivity index (χ0v) is 16.3. The molecular weight excluding hydrogens is 380 g/mol. The van der Waals surface area contributed by atoms with Gasteiger partial charge in [-0.25, -0.2) is 4.98 Å². The molecule has 0 saturated carbocycles. The van der Waals surface area contributed by atoms with Gasteiger partial charge in [0.2, 0.25) is 17.6 Å². The Morgan fingerprint density at radius 1 is 1.07 bits per heavy atom. The van der Waals surface area contributed by atoms with Gasteiger partial charge in [0.1, 0.15) is 12.0 Å². The lowest BCUT2D eigenvalue weighted by molar-refractivity contribution is -0.117. The van der Waals surface area contributed by atoms with Gasteiger partial charge in [-0.15, -0.1) is 0 Å². The molecule has 1 atom stereocenters. The number of hydrogen-bond donors (Lipinski definition) is 0. The van der Waals surface area contributed by atoms with E-state index in [1.54, 1.807) is 6.92 Å². The summed E-state index contributed by atoms with van der Waals surface area (Å²) >= 11 is 0. The van der Waals surface area contributed by atoms with E-state index in [-0.39, 0.29) is 11.8 Å². The molecule has 1 unspecified atom stereocenters. The van der Waals surface area contributed by atoms with Crippen LogP contribution in [0.15, 0.2) is 57.7 Å². The fourth-order valence-corrected chi connectivity index (χ4v) is 4.39. The van der Waals surface area contributed by atoms with E-state index >= 15 is 0 Å². The van der Waals surface area contributed by atoms with Crippen molar-refractivity contribution in [2.45, 2.75) is 25.7 Å². The Labute approximate surface area is 172 Å². The Bertz CT molecular complexity index is 1290. The first kappa shape index (κ1) is 17.1. The molecule has 2 aromatic carbocycles. The van der Waals surface area contributed by atoms with Crippen molar-refractivity contribution in [2.75, 3.05) is 11.4 Å². The molecule has 0 spiro atoms. The van der Waals surface area contributed by atoms with Gasteiger partial charge >= 0.3 is 0 Å². The second-order valence-electron chi connectivity index (χ2n) is 7.79. The van der Waals surface area contributed by atoms with E-state index < -0.39 is 0 Å². The van der Waals surface area contributed by atoms with Crippen molar-refractivity contribution in [1.29, 1.82) is 0 Å². The summed E-state index contributed by atoms with van der Waals surface area (Å²) < 4.78 is 10.6. The van der Waals surface area contributed by atoms with Gasteiger partial charge in [0.15, 0.2) is 5.89 Å². The molecule has 0 N–H and O–H groups in total. The third-order valence-electron chi connectivity index (χ3n) is 5.85. The normalized spacial score (nSPS) is 17.4. The fourth-order valence-electron chi connectivity index (χ4n) is 4.39. The fraction of sp³-hybridized carbons (Fsp3) is 0.217. The predicted octanol–water partition coefficient (Wildman–Crippen LogP) is 4.12. The van der Waals surface area contributed by atoms with Crippen molar-refractivity contribution in [3.8, 4) is 22.6 Å². The number of fused-ring (bicyclic) bond motifs is 3. The molecule has 2 aliphatic rings. The highest BCUT2D eigenvalue weighted by Gasteiger charge is 2.36. The first-order valence-corrected chi connectivity index (χ1v) is 9.93. The van der Waals surface area contributed by atoms with Crippen LogP contribution in [0.5, 0.6) is 0 Å². The largest absolute Gasteiger partial charge is 0.449 e. The van der Waals surface area contributed by atoms with Gasteiger partial charge < -0.3 is 13.8 Å². The summed E-state index contributed by atoms with van der Waals surface area (Å²) in [5.41, 5.74) is 6.57. The lowest BCUT2D eigenvalue weighted by Crippen LogP contribution is -2.24. The third kappa shape index (κ3) is 2.66. The molecule has 3 heterocycles. The predicted molar refractivity (Wildman–Crippen MR) is 109 cm³/mol. The first-order chi connectivity index (χ1) is 14.7. The number of aryl methyl sites for hydroxylation is 1. The zero-order chi connectivity index (χ0) is 20.2. The van der Waals surface area contributed by atoms with Crippen LogP contribution >= 0.6 is 0 Å². The summed E-state index contributed by atoms with van der Waals surface area (Å²) in [7, 11) is 0. The van der Waals surface area contributed by atoms with E-state index in [1.165, 1.54) is 28.5 Å². The number of benzene rings is 2. The van der Waals surface area contributed by atoms with E-state index in [2.05, 4.69) is 51.5 Å². The molecule has 0 radical (unpaired) electrons. The molecule has 1 aliphatic carbocycles. The maximum atomic E-state index is 12.8. The number of aromatic nitrogens is 3. The monoisotopic (exact) mass is 398 g/mol. The number of anilines is 1.